The summed E-state index contributed by atoms with van der Waals surface area (Å²) >= 11 is 0. The summed E-state index contributed by atoms with van der Waals surface area (Å²) in [6.45, 7) is 8.86. The molecule has 112 valence electrons. The Morgan fingerprint density at radius 2 is 1.37 bits per heavy atom. The predicted octanol–water partition coefficient (Wildman–Crippen LogP) is 6.44. The highest BCUT2D eigenvalue weighted by molar-refractivity contribution is 6.69. The van der Waals surface area contributed by atoms with Gasteiger partial charge in [-0.2, -0.15) is 0 Å². The van der Waals surface area contributed by atoms with Crippen LogP contribution in [0, 0.1) is 0 Å². The molecule has 0 saturated heterocycles. The van der Waals surface area contributed by atoms with E-state index in [1.807, 2.05) is 12.3 Å². The highest BCUT2D eigenvalue weighted by atomic mass is 28.4. The molecule has 0 rings (SSSR count). The Morgan fingerprint density at radius 3 is 1.95 bits per heavy atom. The predicted molar refractivity (Wildman–Crippen MR) is 89.9 cm³/mol. The van der Waals surface area contributed by atoms with E-state index in [9.17, 15) is 0 Å². The maximum atomic E-state index is 5.63. The van der Waals surface area contributed by atoms with Gasteiger partial charge >= 0.3 is 0 Å². The van der Waals surface area contributed by atoms with Gasteiger partial charge in [0.1, 0.15) is 0 Å². The van der Waals surface area contributed by atoms with E-state index in [1.165, 1.54) is 57.8 Å². The van der Waals surface area contributed by atoms with Crippen LogP contribution in [-0.4, -0.2) is 8.32 Å². The van der Waals surface area contributed by atoms with E-state index in [0.29, 0.717) is 0 Å². The first kappa shape index (κ1) is 18.5. The van der Waals surface area contributed by atoms with Crippen molar-refractivity contribution in [3.8, 4) is 0 Å². The first-order valence-corrected chi connectivity index (χ1v) is 11.5. The second-order valence-corrected chi connectivity index (χ2v) is 10.7. The Kier molecular flexibility index (Phi) is 12.2. The number of hydrogen-bond acceptors (Lipinski definition) is 1. The van der Waals surface area contributed by atoms with Crippen LogP contribution >= 0.6 is 0 Å². The van der Waals surface area contributed by atoms with Crippen molar-refractivity contribution in [1.82, 2.24) is 0 Å². The van der Waals surface area contributed by atoms with Gasteiger partial charge in [0.25, 0.3) is 0 Å². The van der Waals surface area contributed by atoms with Crippen molar-refractivity contribution in [2.75, 3.05) is 0 Å². The van der Waals surface area contributed by atoms with Crippen LogP contribution in [0.5, 0.6) is 0 Å². The zero-order valence-corrected chi connectivity index (χ0v) is 14.6. The van der Waals surface area contributed by atoms with Gasteiger partial charge in [0, 0.05) is 0 Å². The molecule has 0 aromatic carbocycles. The fourth-order valence-electron chi connectivity index (χ4n) is 1.86. The summed E-state index contributed by atoms with van der Waals surface area (Å²) in [4.78, 5) is 0. The van der Waals surface area contributed by atoms with Crippen LogP contribution < -0.4 is 0 Å². The van der Waals surface area contributed by atoms with Gasteiger partial charge in [0.05, 0.1) is 6.26 Å². The van der Waals surface area contributed by atoms with Crippen LogP contribution in [-0.2, 0) is 4.43 Å². The largest absolute Gasteiger partial charge is 0.550 e. The van der Waals surface area contributed by atoms with Gasteiger partial charge < -0.3 is 4.43 Å². The van der Waals surface area contributed by atoms with E-state index in [2.05, 4.69) is 38.7 Å². The highest BCUT2D eigenvalue weighted by Crippen LogP contribution is 2.09. The van der Waals surface area contributed by atoms with Crippen molar-refractivity contribution in [2.45, 2.75) is 84.4 Å². The summed E-state index contributed by atoms with van der Waals surface area (Å²) in [5.74, 6) is 0. The van der Waals surface area contributed by atoms with Crippen molar-refractivity contribution in [3.05, 3.63) is 24.5 Å². The fourth-order valence-corrected chi connectivity index (χ4v) is 2.35. The monoisotopic (exact) mass is 282 g/mol. The molecule has 0 amide bonds. The zero-order chi connectivity index (χ0) is 14.4. The molecule has 0 N–H and O–H groups in total. The van der Waals surface area contributed by atoms with Gasteiger partial charge in [0.2, 0.25) is 8.32 Å². The minimum Gasteiger partial charge on any atom is -0.550 e. The summed E-state index contributed by atoms with van der Waals surface area (Å²) in [7, 11) is -1.38. The molecule has 0 radical (unpaired) electrons. The van der Waals surface area contributed by atoms with E-state index in [1.54, 1.807) is 0 Å². The first-order valence-electron chi connectivity index (χ1n) is 8.06. The molecule has 2 heteroatoms. The normalized spacial score (nSPS) is 12.6. The molecule has 0 atom stereocenters. The molecule has 0 aliphatic rings. The second-order valence-electron chi connectivity index (χ2n) is 6.25. The summed E-state index contributed by atoms with van der Waals surface area (Å²) in [6.07, 6.45) is 20.6. The van der Waals surface area contributed by atoms with Gasteiger partial charge in [-0.15, -0.1) is 0 Å². The molecule has 0 aromatic heterocycles. The van der Waals surface area contributed by atoms with Gasteiger partial charge in [0.15, 0.2) is 0 Å². The van der Waals surface area contributed by atoms with Crippen molar-refractivity contribution < 1.29 is 4.43 Å². The minimum absolute atomic E-state index is 1.20. The van der Waals surface area contributed by atoms with E-state index >= 15 is 0 Å². The Hall–Kier alpha value is -0.503. The molecule has 0 heterocycles. The standard InChI is InChI=1S/C17H34OSi/c1-5-6-7-8-9-10-11-12-13-14-15-16-17-18-19(2,3)4/h14-17H,5-13H2,1-4H3/b15-14+,17-16+. The average molecular weight is 283 g/mol. The summed E-state index contributed by atoms with van der Waals surface area (Å²) in [5, 5.41) is 0. The summed E-state index contributed by atoms with van der Waals surface area (Å²) in [6, 6.07) is 0. The third-order valence-corrected chi connectivity index (χ3v) is 3.81. The van der Waals surface area contributed by atoms with Crippen LogP contribution in [0.25, 0.3) is 0 Å². The first-order chi connectivity index (χ1) is 9.06. The minimum atomic E-state index is -1.38. The highest BCUT2D eigenvalue weighted by Gasteiger charge is 2.12. The van der Waals surface area contributed by atoms with Crippen molar-refractivity contribution >= 4 is 8.32 Å². The van der Waals surface area contributed by atoms with Gasteiger partial charge in [-0.25, -0.2) is 0 Å². The van der Waals surface area contributed by atoms with Crippen molar-refractivity contribution in [1.29, 1.82) is 0 Å². The zero-order valence-electron chi connectivity index (χ0n) is 13.6. The lowest BCUT2D eigenvalue weighted by molar-refractivity contribution is 0.479. The molecular weight excluding hydrogens is 248 g/mol. The number of hydrogen-bond donors (Lipinski definition) is 0. The van der Waals surface area contributed by atoms with E-state index in [4.69, 9.17) is 4.43 Å². The molecule has 0 aliphatic heterocycles. The Morgan fingerprint density at radius 1 is 0.789 bits per heavy atom. The third kappa shape index (κ3) is 17.5. The molecule has 0 aromatic rings. The Labute approximate surface area is 122 Å². The lowest BCUT2D eigenvalue weighted by Crippen LogP contribution is -2.21. The Balaban J connectivity index is 3.25. The maximum absolute atomic E-state index is 5.63. The van der Waals surface area contributed by atoms with Gasteiger partial charge in [-0.3, -0.25) is 0 Å². The molecule has 0 saturated carbocycles. The molecule has 0 bridgehead atoms. The van der Waals surface area contributed by atoms with E-state index in [0.717, 1.165) is 0 Å². The number of rotatable bonds is 12. The Bertz CT molecular complexity index is 238. The quantitative estimate of drug-likeness (QED) is 0.173. The fraction of sp³-hybridized carbons (Fsp3) is 0.765. The van der Waals surface area contributed by atoms with Crippen LogP contribution in [0.1, 0.15) is 64.7 Å². The average Bonchev–Trinajstić information content (AvgIpc) is 2.34. The molecule has 0 fully saturated rings. The smallest absolute Gasteiger partial charge is 0.241 e. The SMILES string of the molecule is CCCCCCCCCC/C=C/C=C/O[Si](C)(C)C. The van der Waals surface area contributed by atoms with Crippen molar-refractivity contribution in [3.63, 3.8) is 0 Å². The van der Waals surface area contributed by atoms with Gasteiger partial charge in [-0.05, 0) is 38.6 Å². The second kappa shape index (κ2) is 12.5. The molecule has 0 unspecified atom stereocenters. The van der Waals surface area contributed by atoms with Crippen molar-refractivity contribution in [2.24, 2.45) is 0 Å². The van der Waals surface area contributed by atoms with E-state index in [-0.39, 0.29) is 0 Å². The summed E-state index contributed by atoms with van der Waals surface area (Å²) < 4.78 is 5.63. The molecular formula is C17H34OSi. The lowest BCUT2D eigenvalue weighted by atomic mass is 10.1. The molecule has 0 aliphatic carbocycles. The van der Waals surface area contributed by atoms with E-state index < -0.39 is 8.32 Å². The molecule has 0 spiro atoms. The summed E-state index contributed by atoms with van der Waals surface area (Å²) in [5.41, 5.74) is 0. The maximum Gasteiger partial charge on any atom is 0.241 e. The third-order valence-electron chi connectivity index (χ3n) is 2.97. The van der Waals surface area contributed by atoms with Gasteiger partial charge in [-0.1, -0.05) is 64.0 Å². The molecule has 1 nitrogen and oxygen atoms in total. The lowest BCUT2D eigenvalue weighted by Gasteiger charge is -2.14. The molecule has 19 heavy (non-hydrogen) atoms. The topological polar surface area (TPSA) is 9.23 Å². The van der Waals surface area contributed by atoms with Crippen LogP contribution in [0.3, 0.4) is 0 Å². The van der Waals surface area contributed by atoms with Crippen LogP contribution in [0.15, 0.2) is 24.5 Å². The van der Waals surface area contributed by atoms with Crippen LogP contribution in [0.2, 0.25) is 19.6 Å². The number of unbranched alkanes of at least 4 members (excludes halogenated alkanes) is 8. The number of allylic oxidation sites excluding steroid dienone is 3. The van der Waals surface area contributed by atoms with Crippen LogP contribution in [0.4, 0.5) is 0 Å².